The van der Waals surface area contributed by atoms with E-state index in [0.717, 1.165) is 28.8 Å². The van der Waals surface area contributed by atoms with Crippen LogP contribution >= 0.6 is 0 Å². The largest absolute Gasteiger partial charge is 0.507 e. The van der Waals surface area contributed by atoms with Gasteiger partial charge in [-0.25, -0.2) is 0 Å². The fraction of sp³-hybridized carbons (Fsp3) is 0.368. The van der Waals surface area contributed by atoms with Gasteiger partial charge in [0.2, 0.25) is 0 Å². The molecule has 0 aliphatic heterocycles. The van der Waals surface area contributed by atoms with E-state index in [1.165, 1.54) is 19.3 Å². The lowest BCUT2D eigenvalue weighted by molar-refractivity contribution is 0.406. The van der Waals surface area contributed by atoms with Gasteiger partial charge in [0.05, 0.1) is 0 Å². The van der Waals surface area contributed by atoms with Gasteiger partial charge in [0.25, 0.3) is 0 Å². The molecule has 1 aliphatic carbocycles. The molecule has 3 rings (SSSR count). The maximum absolute atomic E-state index is 10.5. The average Bonchev–Trinajstić information content (AvgIpc) is 2.54. The summed E-state index contributed by atoms with van der Waals surface area (Å²) in [4.78, 5) is 0. The smallest absolute Gasteiger partial charge is 0.128 e. The second-order valence-electron chi connectivity index (χ2n) is 6.00. The average molecular weight is 281 g/mol. The van der Waals surface area contributed by atoms with Crippen LogP contribution in [0.15, 0.2) is 48.6 Å². The summed E-state index contributed by atoms with van der Waals surface area (Å²) >= 11 is 0. The predicted octanol–water partition coefficient (Wildman–Crippen LogP) is 4.55. The first-order chi connectivity index (χ1) is 10.3. The first-order valence-electron chi connectivity index (χ1n) is 7.84. The summed E-state index contributed by atoms with van der Waals surface area (Å²) < 4.78 is 0. The molecule has 0 spiro atoms. The number of aromatic hydroxyl groups is 1. The van der Waals surface area contributed by atoms with Crippen molar-refractivity contribution in [1.29, 1.82) is 0 Å². The van der Waals surface area contributed by atoms with Gasteiger partial charge in [0.1, 0.15) is 5.75 Å². The quantitative estimate of drug-likeness (QED) is 0.806. The number of phenols is 1. The third-order valence-corrected chi connectivity index (χ3v) is 4.49. The van der Waals surface area contributed by atoms with Crippen molar-refractivity contribution in [3.63, 3.8) is 0 Å². The van der Waals surface area contributed by atoms with E-state index >= 15 is 0 Å². The van der Waals surface area contributed by atoms with Crippen LogP contribution in [-0.4, -0.2) is 11.7 Å². The number of allylic oxidation sites excluding steroid dienone is 2. The monoisotopic (exact) mass is 281 g/mol. The molecule has 0 saturated heterocycles. The van der Waals surface area contributed by atoms with Crippen molar-refractivity contribution in [3.8, 4) is 5.75 Å². The SMILES string of the molecule is CC(NCC1CC=CCC1)c1ccc2ccccc2c1O. The molecule has 2 nitrogen and oxygen atoms in total. The zero-order valence-corrected chi connectivity index (χ0v) is 12.5. The van der Waals surface area contributed by atoms with Gasteiger partial charge in [-0.05, 0) is 44.0 Å². The molecule has 0 amide bonds. The number of nitrogens with one attached hydrogen (secondary N) is 1. The summed E-state index contributed by atoms with van der Waals surface area (Å²) in [5.74, 6) is 1.14. The fourth-order valence-corrected chi connectivity index (χ4v) is 3.12. The topological polar surface area (TPSA) is 32.3 Å². The van der Waals surface area contributed by atoms with Crippen molar-refractivity contribution in [2.75, 3.05) is 6.54 Å². The Morgan fingerprint density at radius 2 is 2.05 bits per heavy atom. The number of phenolic OH excluding ortho intramolecular Hbond substituents is 1. The van der Waals surface area contributed by atoms with E-state index in [4.69, 9.17) is 0 Å². The number of fused-ring (bicyclic) bond motifs is 1. The molecular formula is C19H23NO. The van der Waals surface area contributed by atoms with Gasteiger partial charge < -0.3 is 10.4 Å². The Morgan fingerprint density at radius 3 is 2.86 bits per heavy atom. The molecular weight excluding hydrogens is 258 g/mol. The zero-order valence-electron chi connectivity index (χ0n) is 12.5. The summed E-state index contributed by atoms with van der Waals surface area (Å²) in [6.07, 6.45) is 8.19. The molecule has 0 radical (unpaired) electrons. The van der Waals surface area contributed by atoms with Crippen LogP contribution < -0.4 is 5.32 Å². The van der Waals surface area contributed by atoms with Gasteiger partial charge in [-0.3, -0.25) is 0 Å². The van der Waals surface area contributed by atoms with Crippen molar-refractivity contribution in [2.24, 2.45) is 5.92 Å². The van der Waals surface area contributed by atoms with Crippen LogP contribution in [0.25, 0.3) is 10.8 Å². The number of rotatable bonds is 4. The van der Waals surface area contributed by atoms with Crippen molar-refractivity contribution in [1.82, 2.24) is 5.32 Å². The van der Waals surface area contributed by atoms with E-state index < -0.39 is 0 Å². The molecule has 0 bridgehead atoms. The normalized spacial score (nSPS) is 19.8. The van der Waals surface area contributed by atoms with Gasteiger partial charge in [0.15, 0.2) is 0 Å². The van der Waals surface area contributed by atoms with Crippen LogP contribution in [0.4, 0.5) is 0 Å². The van der Waals surface area contributed by atoms with E-state index in [-0.39, 0.29) is 6.04 Å². The first-order valence-corrected chi connectivity index (χ1v) is 7.84. The van der Waals surface area contributed by atoms with Crippen molar-refractivity contribution < 1.29 is 5.11 Å². The summed E-state index contributed by atoms with van der Waals surface area (Å²) in [6.45, 7) is 3.14. The van der Waals surface area contributed by atoms with Crippen LogP contribution in [0.3, 0.4) is 0 Å². The Kier molecular flexibility index (Phi) is 4.26. The molecule has 0 aromatic heterocycles. The lowest BCUT2D eigenvalue weighted by Gasteiger charge is -2.22. The molecule has 110 valence electrons. The van der Waals surface area contributed by atoms with Crippen molar-refractivity contribution >= 4 is 10.8 Å². The molecule has 2 heteroatoms. The molecule has 2 atom stereocenters. The van der Waals surface area contributed by atoms with E-state index in [9.17, 15) is 5.11 Å². The zero-order chi connectivity index (χ0) is 14.7. The molecule has 0 saturated carbocycles. The van der Waals surface area contributed by atoms with Gasteiger partial charge >= 0.3 is 0 Å². The van der Waals surface area contributed by atoms with Crippen LogP contribution in [0, 0.1) is 5.92 Å². The standard InChI is InChI=1S/C19H23NO/c1-14(20-13-15-7-3-2-4-8-15)17-12-11-16-9-5-6-10-18(16)19(17)21/h2-3,5-6,9-12,14-15,20-21H,4,7-8,13H2,1H3. The lowest BCUT2D eigenvalue weighted by Crippen LogP contribution is -2.26. The second kappa shape index (κ2) is 6.31. The molecule has 1 aliphatic rings. The second-order valence-corrected chi connectivity index (χ2v) is 6.00. The molecule has 2 aromatic carbocycles. The van der Waals surface area contributed by atoms with Gasteiger partial charge in [-0.2, -0.15) is 0 Å². The summed E-state index contributed by atoms with van der Waals surface area (Å²) in [6, 6.07) is 12.3. The Labute approximate surface area is 126 Å². The third-order valence-electron chi connectivity index (χ3n) is 4.49. The van der Waals surface area contributed by atoms with Crippen LogP contribution in [0.5, 0.6) is 5.75 Å². The fourth-order valence-electron chi connectivity index (χ4n) is 3.12. The number of hydrogen-bond acceptors (Lipinski definition) is 2. The third kappa shape index (κ3) is 3.11. The molecule has 21 heavy (non-hydrogen) atoms. The van der Waals surface area contributed by atoms with E-state index in [0.29, 0.717) is 5.75 Å². The molecule has 2 unspecified atom stereocenters. The summed E-state index contributed by atoms with van der Waals surface area (Å²) in [7, 11) is 0. The highest BCUT2D eigenvalue weighted by Gasteiger charge is 2.15. The Morgan fingerprint density at radius 1 is 1.19 bits per heavy atom. The molecule has 2 N–H and O–H groups in total. The van der Waals surface area contributed by atoms with E-state index in [1.807, 2.05) is 30.3 Å². The highest BCUT2D eigenvalue weighted by Crippen LogP contribution is 2.32. The minimum atomic E-state index is 0.167. The molecule has 2 aromatic rings. The first kappa shape index (κ1) is 14.2. The minimum absolute atomic E-state index is 0.167. The maximum atomic E-state index is 10.5. The Bertz CT molecular complexity index is 647. The Hall–Kier alpha value is -1.80. The highest BCUT2D eigenvalue weighted by atomic mass is 16.3. The highest BCUT2D eigenvalue weighted by molar-refractivity contribution is 5.89. The van der Waals surface area contributed by atoms with Gasteiger partial charge in [0, 0.05) is 17.0 Å². The summed E-state index contributed by atoms with van der Waals surface area (Å²) in [5, 5.41) is 16.1. The van der Waals surface area contributed by atoms with E-state index in [1.54, 1.807) is 0 Å². The summed E-state index contributed by atoms with van der Waals surface area (Å²) in [5.41, 5.74) is 0.986. The van der Waals surface area contributed by atoms with Crippen LogP contribution in [0.2, 0.25) is 0 Å². The molecule has 0 fully saturated rings. The predicted molar refractivity (Wildman–Crippen MR) is 88.5 cm³/mol. The number of benzene rings is 2. The van der Waals surface area contributed by atoms with Gasteiger partial charge in [-0.15, -0.1) is 0 Å². The molecule has 0 heterocycles. The van der Waals surface area contributed by atoms with Crippen LogP contribution in [0.1, 0.15) is 37.8 Å². The van der Waals surface area contributed by atoms with Crippen LogP contribution in [-0.2, 0) is 0 Å². The number of hydrogen-bond donors (Lipinski definition) is 2. The van der Waals surface area contributed by atoms with Crippen molar-refractivity contribution in [2.45, 2.75) is 32.2 Å². The maximum Gasteiger partial charge on any atom is 0.128 e. The van der Waals surface area contributed by atoms with Crippen molar-refractivity contribution in [3.05, 3.63) is 54.1 Å². The lowest BCUT2D eigenvalue weighted by atomic mass is 9.93. The van der Waals surface area contributed by atoms with E-state index in [2.05, 4.69) is 30.5 Å². The minimum Gasteiger partial charge on any atom is -0.507 e. The van der Waals surface area contributed by atoms with Gasteiger partial charge in [-0.1, -0.05) is 48.6 Å². The Balaban J connectivity index is 1.73.